The van der Waals surface area contributed by atoms with E-state index >= 15 is 0 Å². The number of rotatable bonds is 0. The minimum Gasteiger partial charge on any atom is -0.168 e. The summed E-state index contributed by atoms with van der Waals surface area (Å²) in [5, 5.41) is 9.65. The Morgan fingerprint density at radius 1 is 1.50 bits per heavy atom. The summed E-state index contributed by atoms with van der Waals surface area (Å²) in [7, 11) is 0. The van der Waals surface area contributed by atoms with Gasteiger partial charge in [-0.2, -0.15) is 5.10 Å². The van der Waals surface area contributed by atoms with Crippen molar-refractivity contribution in [2.75, 3.05) is 0 Å². The summed E-state index contributed by atoms with van der Waals surface area (Å²) >= 11 is 0. The Balaban J connectivity index is 2.95. The molecule has 0 amide bonds. The first-order valence-electron chi connectivity index (χ1n) is 3.19. The number of H-pyrrole nitrogens is 2. The summed E-state index contributed by atoms with van der Waals surface area (Å²) in [6.07, 6.45) is 0. The first-order valence-corrected chi connectivity index (χ1v) is 3.19. The van der Waals surface area contributed by atoms with E-state index in [4.69, 9.17) is 0 Å². The molecule has 0 unspecified atom stereocenters. The topological polar surface area (TPSA) is 42.8 Å². The maximum absolute atomic E-state index is 4.00. The van der Waals surface area contributed by atoms with E-state index in [0.717, 1.165) is 11.0 Å². The summed E-state index contributed by atoms with van der Waals surface area (Å²) in [5.74, 6) is 0. The zero-order chi connectivity index (χ0) is 6.97. The lowest BCUT2D eigenvalue weighted by Gasteiger charge is -1.83. The van der Waals surface area contributed by atoms with E-state index in [1.54, 1.807) is 0 Å². The van der Waals surface area contributed by atoms with E-state index in [9.17, 15) is 0 Å². The van der Waals surface area contributed by atoms with Crippen molar-refractivity contribution in [1.82, 2.24) is 10.3 Å². The van der Waals surface area contributed by atoms with Crippen molar-refractivity contribution in [3.05, 3.63) is 23.8 Å². The fraction of sp³-hybridized carbons (Fsp3) is 0.143. The monoisotopic (exact) mass is 134 g/mol. The first kappa shape index (κ1) is 5.41. The standard InChI is InChI=1S/C7H7N3/c1-5-3-2-4-6-7(5)9-10-8-6/h2-4H,1H3,(H,8,9,10)/p+1. The van der Waals surface area contributed by atoms with Gasteiger partial charge in [0.25, 0.3) is 0 Å². The number of para-hydroxylation sites is 1. The van der Waals surface area contributed by atoms with Crippen molar-refractivity contribution >= 4 is 11.0 Å². The number of benzene rings is 1. The summed E-state index contributed by atoms with van der Waals surface area (Å²) in [4.78, 5) is 0. The molecule has 0 bridgehead atoms. The molecular formula is C7H8N3+. The smallest absolute Gasteiger partial charge is 0.168 e. The number of nitrogens with one attached hydrogen (secondary N) is 2. The molecule has 3 heteroatoms. The van der Waals surface area contributed by atoms with E-state index in [-0.39, 0.29) is 0 Å². The molecule has 2 N–H and O–H groups in total. The van der Waals surface area contributed by atoms with Gasteiger partial charge in [-0.05, 0) is 13.0 Å². The molecule has 0 atom stereocenters. The molecule has 0 radical (unpaired) electrons. The second-order valence-electron chi connectivity index (χ2n) is 2.32. The molecule has 0 aliphatic carbocycles. The highest BCUT2D eigenvalue weighted by atomic mass is 15.3. The van der Waals surface area contributed by atoms with Crippen LogP contribution < -0.4 is 5.10 Å². The Labute approximate surface area is 58.1 Å². The Bertz CT molecular complexity index is 350. The third-order valence-electron chi connectivity index (χ3n) is 1.61. The minimum atomic E-state index is 0.986. The highest BCUT2D eigenvalue weighted by Crippen LogP contribution is 2.08. The second-order valence-corrected chi connectivity index (χ2v) is 2.32. The van der Waals surface area contributed by atoms with Gasteiger partial charge in [-0.15, -0.1) is 0 Å². The van der Waals surface area contributed by atoms with Crippen LogP contribution in [0.15, 0.2) is 18.2 Å². The highest BCUT2D eigenvalue weighted by molar-refractivity contribution is 5.73. The fourth-order valence-electron chi connectivity index (χ4n) is 1.05. The van der Waals surface area contributed by atoms with Crippen LogP contribution in [0.5, 0.6) is 0 Å². The molecule has 2 aromatic rings. The molecule has 1 aromatic heterocycles. The third kappa shape index (κ3) is 0.603. The maximum atomic E-state index is 4.00. The number of aromatic nitrogens is 3. The Morgan fingerprint density at radius 3 is 3.20 bits per heavy atom. The minimum absolute atomic E-state index is 0.986. The number of hydrogen-bond acceptors (Lipinski definition) is 1. The summed E-state index contributed by atoms with van der Waals surface area (Å²) in [6.45, 7) is 2.05. The predicted molar refractivity (Wildman–Crippen MR) is 37.4 cm³/mol. The van der Waals surface area contributed by atoms with Crippen LogP contribution in [0.4, 0.5) is 0 Å². The largest absolute Gasteiger partial charge is 0.248 e. The average molecular weight is 134 g/mol. The molecular weight excluding hydrogens is 126 g/mol. The summed E-state index contributed by atoms with van der Waals surface area (Å²) in [6, 6.07) is 6.01. The van der Waals surface area contributed by atoms with E-state index in [0.29, 0.717) is 0 Å². The third-order valence-corrected chi connectivity index (χ3v) is 1.61. The Hall–Kier alpha value is -1.38. The Kier molecular flexibility index (Phi) is 0.974. The fourth-order valence-corrected chi connectivity index (χ4v) is 1.05. The van der Waals surface area contributed by atoms with Gasteiger partial charge in [0.2, 0.25) is 11.0 Å². The van der Waals surface area contributed by atoms with Crippen molar-refractivity contribution in [2.45, 2.75) is 6.92 Å². The molecule has 0 fully saturated rings. The Morgan fingerprint density at radius 2 is 2.40 bits per heavy atom. The number of aromatic amines is 2. The van der Waals surface area contributed by atoms with Gasteiger partial charge in [-0.1, -0.05) is 17.3 Å². The number of nitrogens with zero attached hydrogens (tertiary/aromatic N) is 1. The average Bonchev–Trinajstić information content (AvgIpc) is 2.36. The summed E-state index contributed by atoms with van der Waals surface area (Å²) in [5.41, 5.74) is 3.29. The normalized spacial score (nSPS) is 10.5. The lowest BCUT2D eigenvalue weighted by atomic mass is 10.2. The van der Waals surface area contributed by atoms with Crippen molar-refractivity contribution in [2.24, 2.45) is 0 Å². The van der Waals surface area contributed by atoms with Gasteiger partial charge in [-0.3, -0.25) is 0 Å². The van der Waals surface area contributed by atoms with Gasteiger partial charge < -0.3 is 0 Å². The van der Waals surface area contributed by atoms with Gasteiger partial charge in [0.05, 0.1) is 0 Å². The molecule has 0 aliphatic heterocycles. The van der Waals surface area contributed by atoms with Crippen LogP contribution >= 0.6 is 0 Å². The molecule has 0 spiro atoms. The van der Waals surface area contributed by atoms with E-state index in [2.05, 4.69) is 15.4 Å². The SMILES string of the molecule is Cc1cccc2n[nH][nH+]c12. The van der Waals surface area contributed by atoms with Crippen molar-refractivity contribution < 1.29 is 5.10 Å². The summed E-state index contributed by atoms with van der Waals surface area (Å²) < 4.78 is 0. The number of aryl methyl sites for hydroxylation is 1. The predicted octanol–water partition coefficient (Wildman–Crippen LogP) is 0.685. The number of hydrogen-bond donors (Lipinski definition) is 1. The molecule has 50 valence electrons. The van der Waals surface area contributed by atoms with Crippen LogP contribution in [-0.4, -0.2) is 10.3 Å². The van der Waals surface area contributed by atoms with Crippen LogP contribution in [0.25, 0.3) is 11.0 Å². The van der Waals surface area contributed by atoms with Crippen molar-refractivity contribution in [3.8, 4) is 0 Å². The van der Waals surface area contributed by atoms with Crippen molar-refractivity contribution in [1.29, 1.82) is 0 Å². The van der Waals surface area contributed by atoms with E-state index < -0.39 is 0 Å². The van der Waals surface area contributed by atoms with Crippen LogP contribution in [0.3, 0.4) is 0 Å². The van der Waals surface area contributed by atoms with Crippen LogP contribution in [0.1, 0.15) is 5.56 Å². The molecule has 2 rings (SSSR count). The van der Waals surface area contributed by atoms with Gasteiger partial charge in [0.1, 0.15) is 0 Å². The van der Waals surface area contributed by atoms with Gasteiger partial charge in [0, 0.05) is 10.7 Å². The molecule has 3 nitrogen and oxygen atoms in total. The molecule has 0 saturated heterocycles. The van der Waals surface area contributed by atoms with Crippen molar-refractivity contribution in [3.63, 3.8) is 0 Å². The van der Waals surface area contributed by atoms with Gasteiger partial charge in [0.15, 0.2) is 0 Å². The number of fused-ring (bicyclic) bond motifs is 1. The molecule has 0 saturated carbocycles. The second kappa shape index (κ2) is 1.80. The van der Waals surface area contributed by atoms with E-state index in [1.165, 1.54) is 5.56 Å². The molecule has 10 heavy (non-hydrogen) atoms. The zero-order valence-corrected chi connectivity index (χ0v) is 5.68. The van der Waals surface area contributed by atoms with E-state index in [1.807, 2.05) is 25.1 Å². The molecule has 0 aliphatic rings. The van der Waals surface area contributed by atoms with Crippen LogP contribution in [0.2, 0.25) is 0 Å². The quantitative estimate of drug-likeness (QED) is 0.565. The first-order chi connectivity index (χ1) is 4.88. The van der Waals surface area contributed by atoms with Gasteiger partial charge >= 0.3 is 0 Å². The maximum Gasteiger partial charge on any atom is 0.248 e. The molecule has 1 aromatic carbocycles. The van der Waals surface area contributed by atoms with Gasteiger partial charge in [-0.25, -0.2) is 0 Å². The zero-order valence-electron chi connectivity index (χ0n) is 5.68. The lowest BCUT2D eigenvalue weighted by molar-refractivity contribution is -0.427. The van der Waals surface area contributed by atoms with Crippen LogP contribution in [-0.2, 0) is 0 Å². The lowest BCUT2D eigenvalue weighted by Crippen LogP contribution is -2.02. The highest BCUT2D eigenvalue weighted by Gasteiger charge is 2.04. The molecule has 1 heterocycles. The van der Waals surface area contributed by atoms with Crippen LogP contribution in [0, 0.1) is 6.92 Å².